The van der Waals surface area contributed by atoms with Crippen molar-refractivity contribution in [1.29, 1.82) is 0 Å². The number of hydrogen-bond acceptors (Lipinski definition) is 1. The summed E-state index contributed by atoms with van der Waals surface area (Å²) in [6, 6.07) is 19.0. The third-order valence-electron chi connectivity index (χ3n) is 5.14. The molecule has 26 heavy (non-hydrogen) atoms. The van der Waals surface area contributed by atoms with E-state index in [0.29, 0.717) is 6.04 Å². The van der Waals surface area contributed by atoms with Crippen LogP contribution in [0, 0.1) is 0 Å². The minimum Gasteiger partial charge on any atom is -0.331 e. The second-order valence-electron chi connectivity index (χ2n) is 7.00. The van der Waals surface area contributed by atoms with Crippen LogP contribution in [0.5, 0.6) is 0 Å². The summed E-state index contributed by atoms with van der Waals surface area (Å²) < 4.78 is 0. The average molecular weight is 352 g/mol. The number of aryl methyl sites for hydroxylation is 1. The molecule has 0 saturated carbocycles. The Kier molecular flexibility index (Phi) is 8.40. The highest BCUT2D eigenvalue weighted by atomic mass is 16.2. The van der Waals surface area contributed by atoms with Crippen LogP contribution in [0.2, 0.25) is 0 Å². The molecule has 2 nitrogen and oxygen atoms in total. The van der Waals surface area contributed by atoms with E-state index in [1.54, 1.807) is 0 Å². The molecule has 0 radical (unpaired) electrons. The molecule has 0 fully saturated rings. The number of benzene rings is 2. The minimum absolute atomic E-state index is 0.208. The summed E-state index contributed by atoms with van der Waals surface area (Å²) in [5.41, 5.74) is 3.54. The molecule has 0 unspecified atom stereocenters. The molecule has 2 aromatic carbocycles. The Bertz CT molecular complexity index is 661. The number of amides is 1. The van der Waals surface area contributed by atoms with Crippen molar-refractivity contribution in [3.8, 4) is 0 Å². The molecule has 0 bridgehead atoms. The third kappa shape index (κ3) is 5.45. The zero-order chi connectivity index (χ0) is 18.8. The molecule has 0 saturated heterocycles. The van der Waals surface area contributed by atoms with Crippen molar-refractivity contribution in [1.82, 2.24) is 4.90 Å². The maximum Gasteiger partial charge on any atom is 0.254 e. The molecule has 0 N–H and O–H groups in total. The van der Waals surface area contributed by atoms with E-state index in [9.17, 15) is 4.79 Å². The number of fused-ring (bicyclic) bond motifs is 1. The number of hydrogen-bond donors (Lipinski definition) is 0. The smallest absolute Gasteiger partial charge is 0.254 e. The highest BCUT2D eigenvalue weighted by Crippen LogP contribution is 2.26. The number of carbonyl (C=O) groups excluding carboxylic acids is 1. The molecule has 0 atom stereocenters. The van der Waals surface area contributed by atoms with E-state index in [2.05, 4.69) is 57.2 Å². The first-order chi connectivity index (χ1) is 12.7. The Hall–Kier alpha value is -2.09. The van der Waals surface area contributed by atoms with E-state index in [1.807, 2.05) is 23.1 Å². The van der Waals surface area contributed by atoms with Crippen LogP contribution in [0.1, 0.15) is 74.4 Å². The van der Waals surface area contributed by atoms with Gasteiger partial charge in [0.2, 0.25) is 0 Å². The lowest BCUT2D eigenvalue weighted by molar-refractivity contribution is 0.0693. The van der Waals surface area contributed by atoms with Crippen molar-refractivity contribution < 1.29 is 4.79 Å². The molecule has 1 aliphatic heterocycles. The maximum atomic E-state index is 12.1. The summed E-state index contributed by atoms with van der Waals surface area (Å²) in [7, 11) is 0. The van der Waals surface area contributed by atoms with Crippen LogP contribution in [0.3, 0.4) is 0 Å². The number of unbranched alkanes of at least 4 members (excludes halogenated alkanes) is 2. The third-order valence-corrected chi connectivity index (χ3v) is 5.14. The average Bonchev–Trinajstić information content (AvgIpc) is 3.02. The van der Waals surface area contributed by atoms with Crippen LogP contribution in [0.15, 0.2) is 54.6 Å². The van der Waals surface area contributed by atoms with Crippen LogP contribution < -0.4 is 0 Å². The summed E-state index contributed by atoms with van der Waals surface area (Å²) in [6.45, 7) is 7.32. The lowest BCUT2D eigenvalue weighted by Crippen LogP contribution is -2.34. The van der Waals surface area contributed by atoms with Gasteiger partial charge in [-0.25, -0.2) is 0 Å². The van der Waals surface area contributed by atoms with Crippen molar-refractivity contribution in [2.24, 2.45) is 0 Å². The molecular weight excluding hydrogens is 318 g/mol. The fraction of sp³-hybridized carbons (Fsp3) is 0.458. The summed E-state index contributed by atoms with van der Waals surface area (Å²) in [6.07, 6.45) is 7.32. The van der Waals surface area contributed by atoms with E-state index in [0.717, 1.165) is 24.9 Å². The van der Waals surface area contributed by atoms with Crippen molar-refractivity contribution in [2.45, 2.75) is 71.9 Å². The lowest BCUT2D eigenvalue weighted by atomic mass is 10.1. The Labute approximate surface area is 159 Å². The molecule has 0 spiro atoms. The highest BCUT2D eigenvalue weighted by molar-refractivity contribution is 5.98. The lowest BCUT2D eigenvalue weighted by Gasteiger charge is -2.25. The molecule has 1 aliphatic rings. The van der Waals surface area contributed by atoms with Crippen molar-refractivity contribution in [3.63, 3.8) is 0 Å². The van der Waals surface area contributed by atoms with Gasteiger partial charge in [0.25, 0.3) is 5.91 Å². The van der Waals surface area contributed by atoms with Crippen LogP contribution in [0.4, 0.5) is 0 Å². The van der Waals surface area contributed by atoms with E-state index in [1.165, 1.54) is 36.8 Å². The molecule has 1 amide bonds. The van der Waals surface area contributed by atoms with Crippen LogP contribution in [0.25, 0.3) is 0 Å². The first kappa shape index (κ1) is 20.2. The van der Waals surface area contributed by atoms with Crippen LogP contribution in [-0.2, 0) is 13.0 Å². The van der Waals surface area contributed by atoms with Gasteiger partial charge in [-0.05, 0) is 42.9 Å². The van der Waals surface area contributed by atoms with Crippen LogP contribution in [-0.4, -0.2) is 16.8 Å². The molecule has 0 aromatic heterocycles. The van der Waals surface area contributed by atoms with E-state index < -0.39 is 0 Å². The van der Waals surface area contributed by atoms with Gasteiger partial charge in [-0.2, -0.15) is 0 Å². The van der Waals surface area contributed by atoms with Crippen molar-refractivity contribution >= 4 is 5.91 Å². The van der Waals surface area contributed by atoms with Crippen molar-refractivity contribution in [2.75, 3.05) is 0 Å². The molecule has 0 aliphatic carbocycles. The van der Waals surface area contributed by atoms with Crippen molar-refractivity contribution in [3.05, 3.63) is 71.3 Å². The van der Waals surface area contributed by atoms with Gasteiger partial charge < -0.3 is 4.90 Å². The highest BCUT2D eigenvalue weighted by Gasteiger charge is 2.30. The Morgan fingerprint density at radius 2 is 1.54 bits per heavy atom. The van der Waals surface area contributed by atoms with Gasteiger partial charge in [0.05, 0.1) is 0 Å². The van der Waals surface area contributed by atoms with Crippen LogP contribution >= 0.6 is 0 Å². The predicted octanol–water partition coefficient (Wildman–Crippen LogP) is 6.25. The number of nitrogens with zero attached hydrogens (tertiary/aromatic N) is 1. The van der Waals surface area contributed by atoms with Gasteiger partial charge >= 0.3 is 0 Å². The second-order valence-corrected chi connectivity index (χ2v) is 7.00. The van der Waals surface area contributed by atoms with E-state index in [-0.39, 0.29) is 5.91 Å². The molecule has 2 heteroatoms. The normalized spacial score (nSPS) is 12.8. The zero-order valence-electron chi connectivity index (χ0n) is 16.6. The number of carbonyl (C=O) groups is 1. The van der Waals surface area contributed by atoms with E-state index >= 15 is 0 Å². The quantitative estimate of drug-likeness (QED) is 0.540. The molecule has 140 valence electrons. The first-order valence-electron chi connectivity index (χ1n) is 10.1. The van der Waals surface area contributed by atoms with Gasteiger partial charge in [-0.1, -0.05) is 82.1 Å². The van der Waals surface area contributed by atoms with Gasteiger partial charge in [0.15, 0.2) is 0 Å². The first-order valence-corrected chi connectivity index (χ1v) is 10.1. The maximum absolute atomic E-state index is 12.1. The Morgan fingerprint density at radius 1 is 0.885 bits per heavy atom. The molecule has 1 heterocycles. The summed E-state index contributed by atoms with van der Waals surface area (Å²) in [5.74, 6) is 0.208. The fourth-order valence-corrected chi connectivity index (χ4v) is 3.53. The molecule has 2 aromatic rings. The monoisotopic (exact) mass is 351 g/mol. The minimum atomic E-state index is 0.208. The Balaban J connectivity index is 0.000000197. The fourth-order valence-electron chi connectivity index (χ4n) is 3.53. The summed E-state index contributed by atoms with van der Waals surface area (Å²) >= 11 is 0. The van der Waals surface area contributed by atoms with E-state index in [4.69, 9.17) is 0 Å². The summed E-state index contributed by atoms with van der Waals surface area (Å²) in [5, 5.41) is 0. The van der Waals surface area contributed by atoms with Gasteiger partial charge in [0.1, 0.15) is 0 Å². The number of rotatable bonds is 7. The Morgan fingerprint density at radius 3 is 2.15 bits per heavy atom. The van der Waals surface area contributed by atoms with Gasteiger partial charge in [-0.3, -0.25) is 4.79 Å². The van der Waals surface area contributed by atoms with Gasteiger partial charge in [-0.15, -0.1) is 0 Å². The largest absolute Gasteiger partial charge is 0.331 e. The second kappa shape index (κ2) is 10.8. The standard InChI is InChI=1S/C13H17NO.C11H16/c1-3-11(4-2)14-9-10-7-5-6-8-12(10)13(14)15;1-2-3-5-8-11-9-6-4-7-10-11/h5-8,11H,3-4,9H2,1-2H3;4,6-7,9-10H,2-3,5,8H2,1H3. The molecular formula is C24H33NO. The topological polar surface area (TPSA) is 20.3 Å². The summed E-state index contributed by atoms with van der Waals surface area (Å²) in [4.78, 5) is 14.1. The zero-order valence-corrected chi connectivity index (χ0v) is 16.6. The van der Waals surface area contributed by atoms with Gasteiger partial charge in [0, 0.05) is 18.2 Å². The predicted molar refractivity (Wildman–Crippen MR) is 110 cm³/mol. The molecule has 3 rings (SSSR count). The SMILES string of the molecule is CCC(CC)N1Cc2ccccc2C1=O.CCCCCc1ccccc1.